The second-order valence-electron chi connectivity index (χ2n) is 5.21. The van der Waals surface area contributed by atoms with Gasteiger partial charge in [-0.15, -0.1) is 0 Å². The molecule has 0 aliphatic rings. The Morgan fingerprint density at radius 1 is 1.13 bits per heavy atom. The summed E-state index contributed by atoms with van der Waals surface area (Å²) in [5, 5.41) is 8.97. The van der Waals surface area contributed by atoms with Crippen molar-refractivity contribution in [1.82, 2.24) is 9.38 Å². The Kier molecular flexibility index (Phi) is 3.76. The molecule has 1 aromatic carbocycles. The molecular weight excluding hydrogens is 292 g/mol. The molecule has 0 atom stereocenters. The van der Waals surface area contributed by atoms with Crippen LogP contribution in [0.1, 0.15) is 27.2 Å². The molecule has 0 spiro atoms. The molecule has 0 saturated heterocycles. The van der Waals surface area contributed by atoms with Crippen LogP contribution in [0.2, 0.25) is 0 Å². The lowest BCUT2D eigenvalue weighted by molar-refractivity contribution is 0.0696. The van der Waals surface area contributed by atoms with Crippen LogP contribution in [0.15, 0.2) is 53.5 Å². The molecule has 0 amide bonds. The molecule has 0 saturated carbocycles. The van der Waals surface area contributed by atoms with Crippen molar-refractivity contribution in [1.29, 1.82) is 0 Å². The van der Waals surface area contributed by atoms with E-state index in [0.717, 1.165) is 5.56 Å². The normalized spacial score (nSPS) is 11.2. The fourth-order valence-corrected chi connectivity index (χ4v) is 2.19. The van der Waals surface area contributed by atoms with Crippen LogP contribution in [0.3, 0.4) is 0 Å². The van der Waals surface area contributed by atoms with E-state index in [2.05, 4.69) is 4.98 Å². The Morgan fingerprint density at radius 3 is 2.57 bits per heavy atom. The second kappa shape index (κ2) is 5.88. The van der Waals surface area contributed by atoms with Crippen LogP contribution < -0.4 is 5.56 Å². The van der Waals surface area contributed by atoms with Crippen LogP contribution in [0.4, 0.5) is 0 Å². The minimum absolute atomic E-state index is 0.0457. The third-order valence-corrected chi connectivity index (χ3v) is 3.45. The van der Waals surface area contributed by atoms with Crippen molar-refractivity contribution in [3.63, 3.8) is 0 Å². The third kappa shape index (κ3) is 3.18. The predicted octanol–water partition coefficient (Wildman–Crippen LogP) is 2.87. The first-order chi connectivity index (χ1) is 11.0. The molecule has 5 nitrogen and oxygen atoms in total. The lowest BCUT2D eigenvalue weighted by Gasteiger charge is -2.02. The lowest BCUT2D eigenvalue weighted by Crippen LogP contribution is -2.15. The summed E-state index contributed by atoms with van der Waals surface area (Å²) in [5.74, 6) is -1.08. The summed E-state index contributed by atoms with van der Waals surface area (Å²) < 4.78 is 1.23. The Balaban J connectivity index is 1.99. The molecule has 0 fully saturated rings. The monoisotopic (exact) mass is 306 g/mol. The van der Waals surface area contributed by atoms with Crippen molar-refractivity contribution < 1.29 is 9.90 Å². The summed E-state index contributed by atoms with van der Waals surface area (Å²) in [7, 11) is 0. The van der Waals surface area contributed by atoms with Crippen LogP contribution in [0.5, 0.6) is 0 Å². The second-order valence-corrected chi connectivity index (χ2v) is 5.21. The highest BCUT2D eigenvalue weighted by Crippen LogP contribution is 2.09. The zero-order valence-electron chi connectivity index (χ0n) is 12.4. The maximum absolute atomic E-state index is 12.1. The highest BCUT2D eigenvalue weighted by molar-refractivity contribution is 5.87. The van der Waals surface area contributed by atoms with Crippen molar-refractivity contribution in [2.45, 2.75) is 6.92 Å². The number of aryl methyl sites for hydroxylation is 1. The number of benzene rings is 1. The van der Waals surface area contributed by atoms with Gasteiger partial charge < -0.3 is 5.11 Å². The number of carboxylic acid groups (broad SMARTS) is 1. The van der Waals surface area contributed by atoms with Gasteiger partial charge in [0.05, 0.1) is 11.3 Å². The van der Waals surface area contributed by atoms with E-state index in [0.29, 0.717) is 11.3 Å². The number of aromatic nitrogens is 2. The third-order valence-electron chi connectivity index (χ3n) is 3.45. The average molecular weight is 306 g/mol. The molecule has 2 aromatic heterocycles. The summed E-state index contributed by atoms with van der Waals surface area (Å²) in [5.41, 5.74) is 2.85. The number of pyridine rings is 1. The van der Waals surface area contributed by atoms with Crippen molar-refractivity contribution in [2.75, 3.05) is 0 Å². The molecule has 3 rings (SSSR count). The zero-order chi connectivity index (χ0) is 16.4. The number of nitrogens with zero attached hydrogens (tertiary/aromatic N) is 2. The maximum atomic E-state index is 12.1. The lowest BCUT2D eigenvalue weighted by atomic mass is 10.1. The summed E-state index contributed by atoms with van der Waals surface area (Å²) >= 11 is 0. The molecule has 5 heteroatoms. The maximum Gasteiger partial charge on any atom is 0.337 e. The van der Waals surface area contributed by atoms with E-state index >= 15 is 0 Å². The van der Waals surface area contributed by atoms with Crippen molar-refractivity contribution in [3.8, 4) is 0 Å². The van der Waals surface area contributed by atoms with Crippen LogP contribution in [-0.2, 0) is 0 Å². The molecule has 1 N–H and O–H groups in total. The van der Waals surface area contributed by atoms with Gasteiger partial charge in [-0.1, -0.05) is 35.9 Å². The molecule has 114 valence electrons. The molecule has 0 bridgehead atoms. The van der Waals surface area contributed by atoms with E-state index in [1.807, 2.05) is 37.3 Å². The summed E-state index contributed by atoms with van der Waals surface area (Å²) in [6.07, 6.45) is 4.92. The van der Waals surface area contributed by atoms with E-state index in [9.17, 15) is 9.59 Å². The van der Waals surface area contributed by atoms with Gasteiger partial charge >= 0.3 is 5.97 Å². The topological polar surface area (TPSA) is 71.7 Å². The zero-order valence-corrected chi connectivity index (χ0v) is 12.4. The molecule has 0 aliphatic heterocycles. The van der Waals surface area contributed by atoms with Crippen molar-refractivity contribution >= 4 is 23.8 Å². The quantitative estimate of drug-likeness (QED) is 0.807. The minimum atomic E-state index is -1.08. The fraction of sp³-hybridized carbons (Fsp3) is 0.0556. The number of hydrogen-bond donors (Lipinski definition) is 1. The van der Waals surface area contributed by atoms with Crippen LogP contribution in [0, 0.1) is 6.92 Å². The van der Waals surface area contributed by atoms with Crippen LogP contribution >= 0.6 is 0 Å². The van der Waals surface area contributed by atoms with Gasteiger partial charge in [0.2, 0.25) is 0 Å². The Hall–Kier alpha value is -3.21. The number of aromatic carboxylic acids is 1. The highest BCUT2D eigenvalue weighted by Gasteiger charge is 2.06. The Labute approximate surface area is 132 Å². The number of rotatable bonds is 3. The highest BCUT2D eigenvalue weighted by atomic mass is 16.4. The van der Waals surface area contributed by atoms with E-state index in [1.165, 1.54) is 34.4 Å². The molecule has 0 radical (unpaired) electrons. The summed E-state index contributed by atoms with van der Waals surface area (Å²) in [6.45, 7) is 2.02. The van der Waals surface area contributed by atoms with Crippen LogP contribution in [0.25, 0.3) is 17.8 Å². The molecule has 0 aliphatic carbocycles. The molecule has 2 heterocycles. The van der Waals surface area contributed by atoms with Gasteiger partial charge in [-0.2, -0.15) is 0 Å². The van der Waals surface area contributed by atoms with Gasteiger partial charge in [-0.3, -0.25) is 9.20 Å². The van der Waals surface area contributed by atoms with Gasteiger partial charge in [-0.25, -0.2) is 9.78 Å². The van der Waals surface area contributed by atoms with Gasteiger partial charge in [0.15, 0.2) is 0 Å². The minimum Gasteiger partial charge on any atom is -0.478 e. The number of carbonyl (C=O) groups is 1. The largest absolute Gasteiger partial charge is 0.478 e. The summed E-state index contributed by atoms with van der Waals surface area (Å²) in [4.78, 5) is 27.4. The van der Waals surface area contributed by atoms with Gasteiger partial charge in [0.25, 0.3) is 5.56 Å². The van der Waals surface area contributed by atoms with E-state index in [1.54, 1.807) is 6.08 Å². The number of fused-ring (bicyclic) bond motifs is 1. The van der Waals surface area contributed by atoms with Crippen LogP contribution in [-0.4, -0.2) is 20.5 Å². The van der Waals surface area contributed by atoms with E-state index in [4.69, 9.17) is 5.11 Å². The Bertz CT molecular complexity index is 970. The first-order valence-electron chi connectivity index (χ1n) is 7.04. The smallest absolute Gasteiger partial charge is 0.337 e. The molecule has 0 unspecified atom stereocenters. The number of carboxylic acids is 1. The average Bonchev–Trinajstić information content (AvgIpc) is 2.54. The first-order valence-corrected chi connectivity index (χ1v) is 7.04. The van der Waals surface area contributed by atoms with E-state index < -0.39 is 5.97 Å². The van der Waals surface area contributed by atoms with Gasteiger partial charge in [0.1, 0.15) is 5.65 Å². The summed E-state index contributed by atoms with van der Waals surface area (Å²) in [6, 6.07) is 12.3. The van der Waals surface area contributed by atoms with Gasteiger partial charge in [-0.05, 0) is 30.7 Å². The Morgan fingerprint density at radius 2 is 1.87 bits per heavy atom. The van der Waals surface area contributed by atoms with Crippen molar-refractivity contribution in [2.24, 2.45) is 0 Å². The predicted molar refractivity (Wildman–Crippen MR) is 88.5 cm³/mol. The number of hydrogen-bond acceptors (Lipinski definition) is 3. The first kappa shape index (κ1) is 14.7. The molecule has 23 heavy (non-hydrogen) atoms. The van der Waals surface area contributed by atoms with Crippen molar-refractivity contribution in [3.05, 3.63) is 81.4 Å². The SMILES string of the molecule is Cc1ccc(/C=C/c2cc(=O)n3cc(C(=O)O)ccc3n2)cc1. The van der Waals surface area contributed by atoms with Gasteiger partial charge in [0, 0.05) is 12.3 Å². The molecule has 3 aromatic rings. The van der Waals surface area contributed by atoms with E-state index in [-0.39, 0.29) is 11.1 Å². The standard InChI is InChI=1S/C18H14N2O3/c1-12-2-4-13(5-3-12)6-8-15-10-17(21)20-11-14(18(22)23)7-9-16(20)19-15/h2-11H,1H3,(H,22,23)/b8-6+. The fourth-order valence-electron chi connectivity index (χ4n) is 2.19. The molecular formula is C18H14N2O3.